The second-order valence-corrected chi connectivity index (χ2v) is 7.16. The number of H-pyrrole nitrogens is 1. The minimum Gasteiger partial charge on any atom is -0.487 e. The molecule has 1 heterocycles. The molecule has 172 valence electrons. The van der Waals surface area contributed by atoms with E-state index in [0.717, 1.165) is 0 Å². The number of halogens is 1. The lowest BCUT2D eigenvalue weighted by molar-refractivity contribution is 0.0953. The molecule has 0 saturated heterocycles. The van der Waals surface area contributed by atoms with Crippen LogP contribution in [-0.4, -0.2) is 43.0 Å². The Morgan fingerprint density at radius 1 is 1.27 bits per heavy atom. The number of anilines is 1. The van der Waals surface area contributed by atoms with E-state index in [-0.39, 0.29) is 23.4 Å². The number of hydrogen-bond acceptors (Lipinski definition) is 7. The number of para-hydroxylation sites is 1. The summed E-state index contributed by atoms with van der Waals surface area (Å²) >= 11 is 0. The number of carbonyl (C=O) groups excluding carboxylic acids is 1. The molecule has 3 aromatic rings. The van der Waals surface area contributed by atoms with Gasteiger partial charge in [-0.25, -0.2) is 4.39 Å². The lowest BCUT2D eigenvalue weighted by Gasteiger charge is -2.13. The summed E-state index contributed by atoms with van der Waals surface area (Å²) in [6.07, 6.45) is 2.17. The lowest BCUT2D eigenvalue weighted by Crippen LogP contribution is -2.31. The van der Waals surface area contributed by atoms with Crippen LogP contribution in [0.1, 0.15) is 23.7 Å². The van der Waals surface area contributed by atoms with Gasteiger partial charge in [0.1, 0.15) is 29.4 Å². The predicted octanol–water partition coefficient (Wildman–Crippen LogP) is 2.45. The highest BCUT2D eigenvalue weighted by atomic mass is 19.1. The zero-order chi connectivity index (χ0) is 24.0. The number of nitrogens with two attached hydrogens (primary N) is 2. The number of amides is 1. The number of benzene rings is 2. The molecule has 9 nitrogen and oxygen atoms in total. The average molecular weight is 452 g/mol. The number of ether oxygens (including phenoxy) is 1. The number of nitrogens with zero attached hydrogens (tertiary/aromatic N) is 2. The Labute approximate surface area is 189 Å². The van der Waals surface area contributed by atoms with E-state index in [1.807, 2.05) is 6.92 Å². The van der Waals surface area contributed by atoms with Gasteiger partial charge >= 0.3 is 0 Å². The minimum absolute atomic E-state index is 0.0275. The highest BCUT2D eigenvalue weighted by Crippen LogP contribution is 2.33. The van der Waals surface area contributed by atoms with Crippen molar-refractivity contribution >= 4 is 34.4 Å². The van der Waals surface area contributed by atoms with Crippen LogP contribution in [0.15, 0.2) is 51.3 Å². The summed E-state index contributed by atoms with van der Waals surface area (Å²) < 4.78 is 20.5. The molecule has 0 unspecified atom stereocenters. The van der Waals surface area contributed by atoms with Crippen molar-refractivity contribution in [3.8, 4) is 16.9 Å². The van der Waals surface area contributed by atoms with Gasteiger partial charge in [0.05, 0.1) is 11.2 Å². The molecule has 1 aromatic heterocycles. The normalized spacial score (nSPS) is 11.8. The van der Waals surface area contributed by atoms with Gasteiger partial charge in [0, 0.05) is 36.3 Å². The van der Waals surface area contributed by atoms with E-state index in [1.165, 1.54) is 24.4 Å². The Morgan fingerprint density at radius 3 is 2.76 bits per heavy atom. The number of aromatic nitrogens is 1. The van der Waals surface area contributed by atoms with Gasteiger partial charge in [0.2, 0.25) is 0 Å². The lowest BCUT2D eigenvalue weighted by atomic mass is 9.99. The van der Waals surface area contributed by atoms with Crippen molar-refractivity contribution in [3.05, 3.63) is 58.1 Å². The van der Waals surface area contributed by atoms with Crippen molar-refractivity contribution in [2.75, 3.05) is 25.9 Å². The van der Waals surface area contributed by atoms with E-state index in [9.17, 15) is 14.0 Å². The predicted molar refractivity (Wildman–Crippen MR) is 129 cm³/mol. The molecule has 0 bridgehead atoms. The van der Waals surface area contributed by atoms with Crippen LogP contribution in [0.2, 0.25) is 0 Å². The Balaban J connectivity index is 2.07. The molecular weight excluding hydrogens is 427 g/mol. The Morgan fingerprint density at radius 2 is 2.06 bits per heavy atom. The summed E-state index contributed by atoms with van der Waals surface area (Å²) in [6, 6.07) is 9.20. The van der Waals surface area contributed by atoms with Crippen LogP contribution in [0.25, 0.3) is 22.0 Å². The van der Waals surface area contributed by atoms with E-state index in [4.69, 9.17) is 16.3 Å². The third kappa shape index (κ3) is 5.00. The first-order valence-electron chi connectivity index (χ1n) is 10.3. The number of nitrogens with one attached hydrogen (secondary N) is 2. The number of fused-ring (bicyclic) bond motifs is 1. The molecule has 0 aliphatic carbocycles. The summed E-state index contributed by atoms with van der Waals surface area (Å²) in [5, 5.41) is 6.65. The number of rotatable bonds is 8. The largest absolute Gasteiger partial charge is 0.487 e. The quantitative estimate of drug-likeness (QED) is 0.235. The molecular formula is C23H25FN6O3. The number of hydrazone groups is 1. The van der Waals surface area contributed by atoms with Crippen molar-refractivity contribution in [1.82, 2.24) is 10.3 Å². The molecule has 33 heavy (non-hydrogen) atoms. The number of nitrogen functional groups attached to an aromatic ring is 1. The Hall–Kier alpha value is -4.21. The third-order valence-corrected chi connectivity index (χ3v) is 4.91. The van der Waals surface area contributed by atoms with Crippen LogP contribution in [0.4, 0.5) is 10.1 Å². The zero-order valence-electron chi connectivity index (χ0n) is 18.3. The van der Waals surface area contributed by atoms with Crippen LogP contribution in [0.5, 0.6) is 5.75 Å². The molecule has 0 atom stereocenters. The fourth-order valence-electron chi connectivity index (χ4n) is 3.34. The molecule has 0 aliphatic heterocycles. The standard InChI is InChI=1S/C23H25FN6O3/c1-3-9-28-22(31)19-20(25)16-6-4-5-15(21(16)29-23(19)32)17-10-14(7-8-18(17)24)33-12-13(30-26)11-27-2/h4-8,10-11H,3,9,12,26H2,1-2H3,(H,28,31)(H3,25,29,32). The number of aliphatic imine (C=N–C) groups is 1. The minimum atomic E-state index is -0.656. The number of aromatic amines is 1. The SMILES string of the molecule is CCCNC(=O)c1c(N)c2cccc(-c3cc(OCC(C=NC)=NN)ccc3F)c2[nH]c1=O. The van der Waals surface area contributed by atoms with E-state index in [0.29, 0.717) is 40.9 Å². The van der Waals surface area contributed by atoms with Crippen LogP contribution in [-0.2, 0) is 0 Å². The summed E-state index contributed by atoms with van der Waals surface area (Å²) in [4.78, 5) is 31.7. The fraction of sp³-hybridized carbons (Fsp3) is 0.217. The van der Waals surface area contributed by atoms with Crippen LogP contribution in [0, 0.1) is 5.82 Å². The van der Waals surface area contributed by atoms with E-state index < -0.39 is 17.3 Å². The Bertz CT molecular complexity index is 1300. The number of hydrogen-bond donors (Lipinski definition) is 4. The van der Waals surface area contributed by atoms with Crippen molar-refractivity contribution < 1.29 is 13.9 Å². The molecule has 0 aliphatic rings. The second kappa shape index (κ2) is 10.4. The number of carbonyl (C=O) groups is 1. The van der Waals surface area contributed by atoms with Crippen molar-refractivity contribution in [2.45, 2.75) is 13.3 Å². The van der Waals surface area contributed by atoms with Gasteiger partial charge in [-0.15, -0.1) is 0 Å². The van der Waals surface area contributed by atoms with Gasteiger partial charge < -0.3 is 26.6 Å². The third-order valence-electron chi connectivity index (χ3n) is 4.91. The first-order valence-corrected chi connectivity index (χ1v) is 10.3. The van der Waals surface area contributed by atoms with Gasteiger partial charge in [-0.2, -0.15) is 5.10 Å². The summed E-state index contributed by atoms with van der Waals surface area (Å²) in [6.45, 7) is 2.34. The van der Waals surface area contributed by atoms with Crippen molar-refractivity contribution in [3.63, 3.8) is 0 Å². The maximum atomic E-state index is 14.8. The average Bonchev–Trinajstić information content (AvgIpc) is 2.81. The summed E-state index contributed by atoms with van der Waals surface area (Å²) in [5.41, 5.74) is 6.69. The Kier molecular flexibility index (Phi) is 7.39. The van der Waals surface area contributed by atoms with Crippen LogP contribution < -0.4 is 27.2 Å². The maximum Gasteiger partial charge on any atom is 0.263 e. The van der Waals surface area contributed by atoms with E-state index in [1.54, 1.807) is 25.2 Å². The van der Waals surface area contributed by atoms with E-state index in [2.05, 4.69) is 20.4 Å². The monoisotopic (exact) mass is 452 g/mol. The highest BCUT2D eigenvalue weighted by molar-refractivity contribution is 6.31. The van der Waals surface area contributed by atoms with E-state index >= 15 is 0 Å². The van der Waals surface area contributed by atoms with Crippen molar-refractivity contribution in [1.29, 1.82) is 0 Å². The first kappa shape index (κ1) is 23.5. The maximum absolute atomic E-state index is 14.8. The summed E-state index contributed by atoms with van der Waals surface area (Å²) in [5.74, 6) is 4.58. The van der Waals surface area contributed by atoms with Crippen molar-refractivity contribution in [2.24, 2.45) is 15.9 Å². The fourth-order valence-corrected chi connectivity index (χ4v) is 3.34. The topological polar surface area (TPSA) is 148 Å². The molecule has 2 aromatic carbocycles. The first-order chi connectivity index (χ1) is 15.9. The molecule has 10 heteroatoms. The van der Waals surface area contributed by atoms with Gasteiger partial charge in [-0.05, 0) is 24.6 Å². The van der Waals surface area contributed by atoms with Crippen LogP contribution >= 0.6 is 0 Å². The molecule has 0 fully saturated rings. The highest BCUT2D eigenvalue weighted by Gasteiger charge is 2.20. The number of pyridine rings is 1. The van der Waals surface area contributed by atoms with Gasteiger partial charge in [-0.3, -0.25) is 14.6 Å². The molecule has 0 spiro atoms. The molecule has 0 radical (unpaired) electrons. The molecule has 3 rings (SSSR count). The second-order valence-electron chi connectivity index (χ2n) is 7.16. The molecule has 0 saturated carbocycles. The molecule has 1 amide bonds. The van der Waals surface area contributed by atoms with Crippen LogP contribution in [0.3, 0.4) is 0 Å². The van der Waals surface area contributed by atoms with Gasteiger partial charge in [-0.1, -0.05) is 25.1 Å². The van der Waals surface area contributed by atoms with Gasteiger partial charge in [0.25, 0.3) is 11.5 Å². The molecule has 6 N–H and O–H groups in total. The zero-order valence-corrected chi connectivity index (χ0v) is 18.3. The van der Waals surface area contributed by atoms with Gasteiger partial charge in [0.15, 0.2) is 0 Å². The smallest absolute Gasteiger partial charge is 0.263 e. The summed E-state index contributed by atoms with van der Waals surface area (Å²) in [7, 11) is 1.58.